The molecule has 4 aromatic rings. The van der Waals surface area contributed by atoms with Gasteiger partial charge < -0.3 is 20.3 Å². The molecule has 2 heterocycles. The standard InChI is InChI=1S/C27H34N4O.C22H29NO2/c28-22-26(23-10-4-1-5-11-23,24-12-6-2-7-13-24)14-19-30-20-15-27(16-21-30,25(29)32)31-17-8-3-9-18-31;1-5-21(24)25-22(18(2)17-23(3)4,20-14-10-7-11-15-20)16-19-12-8-6-9-13-19/h1-2,4-7,10-13H,3,8-9,14-21H2,(H2,29,32);6-15,18H,5,16-17H2,1-4H3/t;18-,22+/m.1/s1. The van der Waals surface area contributed by atoms with Crippen LogP contribution in [0.25, 0.3) is 0 Å². The van der Waals surface area contributed by atoms with Crippen LogP contribution in [0, 0.1) is 17.2 Å². The van der Waals surface area contributed by atoms with E-state index in [9.17, 15) is 14.9 Å². The van der Waals surface area contributed by atoms with Crippen molar-refractivity contribution in [1.29, 1.82) is 5.26 Å². The van der Waals surface area contributed by atoms with E-state index in [1.54, 1.807) is 0 Å². The average Bonchev–Trinajstić information content (AvgIpc) is 3.25. The first kappa shape index (κ1) is 43.3. The van der Waals surface area contributed by atoms with E-state index in [-0.39, 0.29) is 17.8 Å². The zero-order valence-corrected chi connectivity index (χ0v) is 34.6. The Bertz CT molecular complexity index is 1810. The summed E-state index contributed by atoms with van der Waals surface area (Å²) in [7, 11) is 4.10. The van der Waals surface area contributed by atoms with Crippen molar-refractivity contribution in [3.8, 4) is 6.07 Å². The molecule has 0 aliphatic carbocycles. The molecule has 2 fully saturated rings. The molecule has 2 saturated heterocycles. The van der Waals surface area contributed by atoms with Gasteiger partial charge in [0.05, 0.1) is 6.07 Å². The molecule has 57 heavy (non-hydrogen) atoms. The highest BCUT2D eigenvalue weighted by Crippen LogP contribution is 2.39. The van der Waals surface area contributed by atoms with Gasteiger partial charge in [0.25, 0.3) is 0 Å². The van der Waals surface area contributed by atoms with Gasteiger partial charge in [0, 0.05) is 44.9 Å². The zero-order valence-electron chi connectivity index (χ0n) is 34.6. The number of primary amides is 1. The van der Waals surface area contributed by atoms with Crippen LogP contribution in [0.5, 0.6) is 0 Å². The summed E-state index contributed by atoms with van der Waals surface area (Å²) in [6, 6.07) is 43.3. The summed E-state index contributed by atoms with van der Waals surface area (Å²) < 4.78 is 6.17. The van der Waals surface area contributed by atoms with Gasteiger partial charge >= 0.3 is 5.97 Å². The number of nitrogens with two attached hydrogens (primary N) is 1. The fraction of sp³-hybridized carbons (Fsp3) is 0.449. The summed E-state index contributed by atoms with van der Waals surface area (Å²) in [6.07, 6.45) is 6.85. The predicted molar refractivity (Wildman–Crippen MR) is 229 cm³/mol. The van der Waals surface area contributed by atoms with Crippen molar-refractivity contribution in [3.05, 3.63) is 144 Å². The highest BCUT2D eigenvalue weighted by atomic mass is 16.6. The molecule has 0 radical (unpaired) electrons. The molecule has 2 N–H and O–H groups in total. The molecule has 2 atom stereocenters. The van der Waals surface area contributed by atoms with Crippen molar-refractivity contribution in [2.24, 2.45) is 11.7 Å². The Morgan fingerprint density at radius 1 is 0.789 bits per heavy atom. The molecule has 8 nitrogen and oxygen atoms in total. The van der Waals surface area contributed by atoms with Gasteiger partial charge in [0.1, 0.15) is 16.6 Å². The van der Waals surface area contributed by atoms with E-state index in [0.29, 0.717) is 19.3 Å². The molecule has 8 heteroatoms. The highest BCUT2D eigenvalue weighted by molar-refractivity contribution is 5.85. The SMILES string of the molecule is CCC(=O)O[C@](Cc1ccccc1)(c1ccccc1)[C@H](C)CN(C)C.N#CC(CCN1CCC(C(N)=O)(N2CCCCC2)CC1)(c1ccccc1)c1ccccc1. The third-order valence-corrected chi connectivity index (χ3v) is 12.2. The second kappa shape index (κ2) is 20.6. The normalized spacial score (nSPS) is 17.6. The van der Waals surface area contributed by atoms with E-state index < -0.39 is 16.6 Å². The number of ether oxygens (including phenoxy) is 1. The number of esters is 1. The lowest BCUT2D eigenvalue weighted by Crippen LogP contribution is -2.63. The van der Waals surface area contributed by atoms with E-state index in [1.807, 2.05) is 79.7 Å². The van der Waals surface area contributed by atoms with E-state index in [1.165, 1.54) is 12.0 Å². The van der Waals surface area contributed by atoms with E-state index in [2.05, 4.69) is 90.3 Å². The van der Waals surface area contributed by atoms with Crippen LogP contribution in [-0.4, -0.2) is 85.5 Å². The third-order valence-electron chi connectivity index (χ3n) is 12.2. The minimum absolute atomic E-state index is 0.139. The van der Waals surface area contributed by atoms with Crippen LogP contribution in [0.4, 0.5) is 0 Å². The number of amides is 1. The van der Waals surface area contributed by atoms with Crippen LogP contribution in [0.1, 0.15) is 81.0 Å². The second-order valence-electron chi connectivity index (χ2n) is 16.2. The van der Waals surface area contributed by atoms with E-state index >= 15 is 0 Å². The number of carbonyl (C=O) groups excluding carboxylic acids is 2. The number of hydrogen-bond donors (Lipinski definition) is 1. The maximum absolute atomic E-state index is 12.5. The molecule has 0 unspecified atom stereocenters. The summed E-state index contributed by atoms with van der Waals surface area (Å²) in [5.74, 6) is -0.190. The second-order valence-corrected chi connectivity index (χ2v) is 16.2. The molecule has 0 saturated carbocycles. The lowest BCUT2D eigenvalue weighted by Gasteiger charge is -2.48. The fourth-order valence-electron chi connectivity index (χ4n) is 8.94. The van der Waals surface area contributed by atoms with Crippen LogP contribution >= 0.6 is 0 Å². The van der Waals surface area contributed by atoms with Gasteiger partial charge in [-0.05, 0) is 81.5 Å². The highest BCUT2D eigenvalue weighted by Gasteiger charge is 2.46. The largest absolute Gasteiger partial charge is 0.453 e. The fourth-order valence-corrected chi connectivity index (χ4v) is 8.94. The Kier molecular flexibility index (Phi) is 15.6. The lowest BCUT2D eigenvalue weighted by molar-refractivity contribution is -0.168. The quantitative estimate of drug-likeness (QED) is 0.122. The van der Waals surface area contributed by atoms with Crippen LogP contribution in [0.3, 0.4) is 0 Å². The summed E-state index contributed by atoms with van der Waals surface area (Å²) in [6.45, 7) is 9.28. The van der Waals surface area contributed by atoms with E-state index in [4.69, 9.17) is 10.5 Å². The van der Waals surface area contributed by atoms with Crippen molar-refractivity contribution in [1.82, 2.24) is 14.7 Å². The maximum atomic E-state index is 12.5. The van der Waals surface area contributed by atoms with Gasteiger partial charge in [0.2, 0.25) is 5.91 Å². The number of likely N-dealkylation sites (tertiary alicyclic amines) is 2. The number of benzene rings is 4. The van der Waals surface area contributed by atoms with Crippen LogP contribution in [0.2, 0.25) is 0 Å². The van der Waals surface area contributed by atoms with Crippen LogP contribution in [0.15, 0.2) is 121 Å². The molecule has 302 valence electrons. The zero-order chi connectivity index (χ0) is 40.7. The van der Waals surface area contributed by atoms with Gasteiger partial charge in [-0.1, -0.05) is 142 Å². The Morgan fingerprint density at radius 2 is 1.28 bits per heavy atom. The van der Waals surface area contributed by atoms with Gasteiger partial charge in [-0.3, -0.25) is 14.5 Å². The Hall–Kier alpha value is -4.81. The molecule has 2 aliphatic heterocycles. The van der Waals surface area contributed by atoms with Gasteiger partial charge in [-0.15, -0.1) is 0 Å². The number of piperidine rings is 2. The van der Waals surface area contributed by atoms with Crippen molar-refractivity contribution in [2.45, 2.75) is 81.8 Å². The van der Waals surface area contributed by atoms with Crippen molar-refractivity contribution < 1.29 is 14.3 Å². The van der Waals surface area contributed by atoms with Crippen LogP contribution < -0.4 is 5.73 Å². The topological polar surface area (TPSA) is 103 Å². The molecule has 0 spiro atoms. The predicted octanol–water partition coefficient (Wildman–Crippen LogP) is 7.97. The van der Waals surface area contributed by atoms with E-state index in [0.717, 1.165) is 81.6 Å². The minimum Gasteiger partial charge on any atom is -0.453 e. The Balaban J connectivity index is 0.000000225. The van der Waals surface area contributed by atoms with Gasteiger partial charge in [-0.25, -0.2) is 0 Å². The number of rotatable bonds is 15. The molecule has 1 amide bonds. The molecule has 2 aliphatic rings. The Morgan fingerprint density at radius 3 is 1.74 bits per heavy atom. The first-order valence-electron chi connectivity index (χ1n) is 20.8. The monoisotopic (exact) mass is 769 g/mol. The third kappa shape index (κ3) is 10.6. The minimum atomic E-state index is -0.687. The van der Waals surface area contributed by atoms with Crippen molar-refractivity contribution in [2.75, 3.05) is 53.4 Å². The lowest BCUT2D eigenvalue weighted by atomic mass is 9.73. The molecular weight excluding hydrogens is 707 g/mol. The number of carbonyl (C=O) groups is 2. The Labute approximate surface area is 341 Å². The smallest absolute Gasteiger partial charge is 0.306 e. The summed E-state index contributed by atoms with van der Waals surface area (Å²) in [5.41, 5.74) is 8.37. The molecule has 6 rings (SSSR count). The number of nitrogens with zero attached hydrogens (tertiary/aromatic N) is 4. The van der Waals surface area contributed by atoms with Crippen molar-refractivity contribution in [3.63, 3.8) is 0 Å². The first-order chi connectivity index (χ1) is 27.6. The molecule has 4 aromatic carbocycles. The van der Waals surface area contributed by atoms with Crippen molar-refractivity contribution >= 4 is 11.9 Å². The maximum Gasteiger partial charge on any atom is 0.306 e. The van der Waals surface area contributed by atoms with Gasteiger partial charge in [-0.2, -0.15) is 5.26 Å². The molecule has 0 bridgehead atoms. The number of hydrogen-bond acceptors (Lipinski definition) is 7. The summed E-state index contributed by atoms with van der Waals surface area (Å²) >= 11 is 0. The average molecular weight is 770 g/mol. The van der Waals surface area contributed by atoms with Gasteiger partial charge in [0.15, 0.2) is 0 Å². The first-order valence-corrected chi connectivity index (χ1v) is 20.8. The summed E-state index contributed by atoms with van der Waals surface area (Å²) in [5, 5.41) is 10.4. The molecule has 0 aromatic heterocycles. The number of nitriles is 1. The molecular formula is C49H63N5O3. The van der Waals surface area contributed by atoms with Crippen LogP contribution in [-0.2, 0) is 31.8 Å². The summed E-state index contributed by atoms with van der Waals surface area (Å²) in [4.78, 5) is 31.8.